The number of hydrogen-bond donors (Lipinski definition) is 1. The minimum atomic E-state index is -4.56. The normalized spacial score (nSPS) is 11.6. The number of halogens is 4. The average molecular weight is 274 g/mol. The van der Waals surface area contributed by atoms with Crippen molar-refractivity contribution < 1.29 is 13.2 Å². The summed E-state index contributed by atoms with van der Waals surface area (Å²) in [7, 11) is 0. The molecule has 6 heteroatoms. The Labute approximate surface area is 105 Å². The summed E-state index contributed by atoms with van der Waals surface area (Å²) in [5.41, 5.74) is -1.08. The molecule has 0 aliphatic rings. The van der Waals surface area contributed by atoms with Crippen molar-refractivity contribution in [1.82, 2.24) is 4.98 Å². The first-order valence-corrected chi connectivity index (χ1v) is 5.31. The van der Waals surface area contributed by atoms with Gasteiger partial charge in [0.05, 0.1) is 0 Å². The highest BCUT2D eigenvalue weighted by Gasteiger charge is 2.32. The van der Waals surface area contributed by atoms with E-state index < -0.39 is 17.3 Å². The Hall–Kier alpha value is -1.75. The molecule has 1 heterocycles. The van der Waals surface area contributed by atoms with Crippen LogP contribution in [0.4, 0.5) is 13.2 Å². The average Bonchev–Trinajstić information content (AvgIpc) is 2.29. The Balaban J connectivity index is 2.48. The molecule has 0 aliphatic carbocycles. The molecule has 2 nitrogen and oxygen atoms in total. The maximum absolute atomic E-state index is 12.4. The van der Waals surface area contributed by atoms with Crippen LogP contribution in [0.2, 0.25) is 5.02 Å². The highest BCUT2D eigenvalue weighted by atomic mass is 35.5. The minimum Gasteiger partial charge on any atom is -0.357 e. The van der Waals surface area contributed by atoms with Gasteiger partial charge in [-0.25, -0.2) is 0 Å². The van der Waals surface area contributed by atoms with Crippen LogP contribution in [0.15, 0.2) is 41.3 Å². The number of alkyl halides is 3. The van der Waals surface area contributed by atoms with Crippen LogP contribution >= 0.6 is 11.6 Å². The number of benzene rings is 1. The molecule has 94 valence electrons. The molecule has 1 N–H and O–H groups in total. The van der Waals surface area contributed by atoms with Crippen molar-refractivity contribution in [3.8, 4) is 11.1 Å². The van der Waals surface area contributed by atoms with E-state index in [0.29, 0.717) is 16.7 Å². The Bertz CT molecular complexity index is 616. The summed E-state index contributed by atoms with van der Waals surface area (Å²) in [6.45, 7) is 0. The lowest BCUT2D eigenvalue weighted by molar-refractivity contribution is -0.141. The van der Waals surface area contributed by atoms with E-state index in [4.69, 9.17) is 11.6 Å². The summed E-state index contributed by atoms with van der Waals surface area (Å²) >= 11 is 5.69. The summed E-state index contributed by atoms with van der Waals surface area (Å²) in [6.07, 6.45) is -3.51. The summed E-state index contributed by atoms with van der Waals surface area (Å²) in [6, 6.07) is 6.81. The van der Waals surface area contributed by atoms with Gasteiger partial charge in [-0.1, -0.05) is 23.7 Å². The second-order valence-corrected chi connectivity index (χ2v) is 4.07. The lowest BCUT2D eigenvalue weighted by Gasteiger charge is -2.07. The van der Waals surface area contributed by atoms with Crippen molar-refractivity contribution in [2.75, 3.05) is 0 Å². The number of H-pyrrole nitrogens is 1. The molecular formula is C12H7ClF3NO. The molecule has 2 aromatic rings. The quantitative estimate of drug-likeness (QED) is 0.844. The maximum atomic E-state index is 12.4. The van der Waals surface area contributed by atoms with Crippen LogP contribution in [-0.4, -0.2) is 4.98 Å². The van der Waals surface area contributed by atoms with Crippen molar-refractivity contribution >= 4 is 11.6 Å². The van der Waals surface area contributed by atoms with Crippen LogP contribution in [0.3, 0.4) is 0 Å². The third-order valence-corrected chi connectivity index (χ3v) is 2.63. The van der Waals surface area contributed by atoms with Gasteiger partial charge in [-0.3, -0.25) is 4.79 Å². The van der Waals surface area contributed by atoms with E-state index in [9.17, 15) is 18.0 Å². The number of aromatic nitrogens is 1. The van der Waals surface area contributed by atoms with Gasteiger partial charge in [-0.05, 0) is 17.7 Å². The summed E-state index contributed by atoms with van der Waals surface area (Å²) in [4.78, 5) is 13.7. The molecule has 0 radical (unpaired) electrons. The molecule has 0 amide bonds. The fourth-order valence-electron chi connectivity index (χ4n) is 1.49. The van der Waals surface area contributed by atoms with Crippen molar-refractivity contribution in [3.63, 3.8) is 0 Å². The largest absolute Gasteiger partial charge is 0.431 e. The zero-order valence-electron chi connectivity index (χ0n) is 8.88. The Morgan fingerprint density at radius 3 is 2.22 bits per heavy atom. The van der Waals surface area contributed by atoms with Crippen LogP contribution in [0, 0.1) is 0 Å². The smallest absolute Gasteiger partial charge is 0.357 e. The van der Waals surface area contributed by atoms with Gasteiger partial charge in [-0.15, -0.1) is 0 Å². The van der Waals surface area contributed by atoms with E-state index in [2.05, 4.69) is 4.98 Å². The van der Waals surface area contributed by atoms with E-state index in [1.165, 1.54) is 0 Å². The summed E-state index contributed by atoms with van der Waals surface area (Å²) < 4.78 is 37.1. The SMILES string of the molecule is O=c1cc(C(F)(F)F)[nH]cc1-c1ccc(Cl)cc1. The molecule has 1 aromatic carbocycles. The molecule has 0 fully saturated rings. The van der Waals surface area contributed by atoms with Gasteiger partial charge < -0.3 is 4.98 Å². The number of pyridine rings is 1. The fourth-order valence-corrected chi connectivity index (χ4v) is 1.62. The third-order valence-electron chi connectivity index (χ3n) is 2.37. The lowest BCUT2D eigenvalue weighted by Crippen LogP contribution is -2.14. The topological polar surface area (TPSA) is 32.9 Å². The van der Waals surface area contributed by atoms with Gasteiger partial charge in [0.2, 0.25) is 0 Å². The second kappa shape index (κ2) is 4.49. The van der Waals surface area contributed by atoms with Crippen molar-refractivity contribution in [3.05, 3.63) is 57.5 Å². The van der Waals surface area contributed by atoms with Crippen LogP contribution < -0.4 is 5.43 Å². The Kier molecular flexibility index (Phi) is 3.17. The van der Waals surface area contributed by atoms with E-state index in [1.54, 1.807) is 24.3 Å². The van der Waals surface area contributed by atoms with Crippen molar-refractivity contribution in [1.29, 1.82) is 0 Å². The van der Waals surface area contributed by atoms with Crippen LogP contribution in [0.5, 0.6) is 0 Å². The summed E-state index contributed by atoms with van der Waals surface area (Å²) in [5, 5.41) is 0.488. The molecule has 0 unspecified atom stereocenters. The molecule has 0 saturated carbocycles. The molecule has 0 spiro atoms. The highest BCUT2D eigenvalue weighted by Crippen LogP contribution is 2.27. The summed E-state index contributed by atoms with van der Waals surface area (Å²) in [5.74, 6) is 0. The first kappa shape index (κ1) is 12.7. The fraction of sp³-hybridized carbons (Fsp3) is 0.0833. The predicted octanol–water partition coefficient (Wildman–Crippen LogP) is 3.71. The maximum Gasteiger partial charge on any atom is 0.431 e. The molecule has 0 atom stereocenters. The third kappa shape index (κ3) is 2.56. The Morgan fingerprint density at radius 1 is 1.11 bits per heavy atom. The van der Waals surface area contributed by atoms with Gasteiger partial charge >= 0.3 is 6.18 Å². The van der Waals surface area contributed by atoms with E-state index in [1.807, 2.05) is 0 Å². The highest BCUT2D eigenvalue weighted by molar-refractivity contribution is 6.30. The molecule has 0 bridgehead atoms. The minimum absolute atomic E-state index is 0.166. The molecule has 0 saturated heterocycles. The van der Waals surface area contributed by atoms with E-state index in [-0.39, 0.29) is 5.56 Å². The second-order valence-electron chi connectivity index (χ2n) is 3.63. The van der Waals surface area contributed by atoms with Gasteiger partial charge in [0.15, 0.2) is 5.43 Å². The molecule has 1 aromatic heterocycles. The van der Waals surface area contributed by atoms with Gasteiger partial charge in [0, 0.05) is 22.8 Å². The molecule has 2 rings (SSSR count). The van der Waals surface area contributed by atoms with Crippen molar-refractivity contribution in [2.45, 2.75) is 6.18 Å². The molecular weight excluding hydrogens is 267 g/mol. The zero-order valence-corrected chi connectivity index (χ0v) is 9.64. The van der Waals surface area contributed by atoms with Gasteiger partial charge in [-0.2, -0.15) is 13.2 Å². The lowest BCUT2D eigenvalue weighted by atomic mass is 10.1. The number of nitrogens with one attached hydrogen (secondary N) is 1. The van der Waals surface area contributed by atoms with Gasteiger partial charge in [0.1, 0.15) is 5.69 Å². The van der Waals surface area contributed by atoms with Crippen molar-refractivity contribution in [2.24, 2.45) is 0 Å². The number of hydrogen-bond acceptors (Lipinski definition) is 1. The molecule has 18 heavy (non-hydrogen) atoms. The molecule has 0 aliphatic heterocycles. The van der Waals surface area contributed by atoms with E-state index >= 15 is 0 Å². The standard InChI is InChI=1S/C12H7ClF3NO/c13-8-3-1-7(2-4-8)9-6-17-11(5-10(9)18)12(14,15)16/h1-6H,(H,17,18). The number of aromatic amines is 1. The predicted molar refractivity (Wildman–Crippen MR) is 62.5 cm³/mol. The van der Waals surface area contributed by atoms with Crippen LogP contribution in [0.25, 0.3) is 11.1 Å². The van der Waals surface area contributed by atoms with Gasteiger partial charge in [0.25, 0.3) is 0 Å². The number of rotatable bonds is 1. The van der Waals surface area contributed by atoms with Crippen LogP contribution in [0.1, 0.15) is 5.69 Å². The zero-order chi connectivity index (χ0) is 13.3. The van der Waals surface area contributed by atoms with Crippen LogP contribution in [-0.2, 0) is 6.18 Å². The Morgan fingerprint density at radius 2 is 1.72 bits per heavy atom. The first-order valence-electron chi connectivity index (χ1n) is 4.94. The monoisotopic (exact) mass is 273 g/mol. The first-order chi connectivity index (χ1) is 8.38. The van der Waals surface area contributed by atoms with E-state index in [0.717, 1.165) is 6.20 Å².